The monoisotopic (exact) mass is 448 g/mol. The largest absolute Gasteiger partial charge is 0.349 e. The number of carbonyl (C=O) groups excluding carboxylic acids is 2. The van der Waals surface area contributed by atoms with Crippen LogP contribution in [0, 0.1) is 10.1 Å². The second-order valence-electron chi connectivity index (χ2n) is 7.89. The van der Waals surface area contributed by atoms with Gasteiger partial charge in [-0.25, -0.2) is 4.68 Å². The third-order valence-electron chi connectivity index (χ3n) is 5.52. The molecular formula is C23H24N6O4. The molecule has 1 saturated heterocycles. The molecule has 1 aliphatic rings. The molecule has 0 saturated carbocycles. The van der Waals surface area contributed by atoms with Crippen molar-refractivity contribution in [1.29, 1.82) is 0 Å². The molecule has 1 aromatic heterocycles. The molecule has 33 heavy (non-hydrogen) atoms. The van der Waals surface area contributed by atoms with Crippen LogP contribution in [0.1, 0.15) is 23.2 Å². The Morgan fingerprint density at radius 2 is 1.76 bits per heavy atom. The first kappa shape index (κ1) is 22.2. The molecule has 10 nitrogen and oxygen atoms in total. The summed E-state index contributed by atoms with van der Waals surface area (Å²) in [4.78, 5) is 37.3. The van der Waals surface area contributed by atoms with Crippen molar-refractivity contribution in [2.45, 2.75) is 18.9 Å². The van der Waals surface area contributed by atoms with Crippen molar-refractivity contribution >= 4 is 23.2 Å². The smallest absolute Gasteiger partial charge is 0.269 e. The molecule has 0 spiro atoms. The van der Waals surface area contributed by atoms with Gasteiger partial charge in [0.05, 0.1) is 28.9 Å². The maximum atomic E-state index is 12.6. The normalized spacial score (nSPS) is 14.5. The third kappa shape index (κ3) is 5.80. The summed E-state index contributed by atoms with van der Waals surface area (Å²) in [7, 11) is 0. The van der Waals surface area contributed by atoms with Crippen molar-refractivity contribution < 1.29 is 14.5 Å². The van der Waals surface area contributed by atoms with E-state index in [1.807, 2.05) is 30.3 Å². The SMILES string of the molecule is O=C(CN1CCC(NC(=O)c2cnn(-c3ccc([N+](=O)[O-])cc3)c2)CC1)Nc1ccccc1. The van der Waals surface area contributed by atoms with Gasteiger partial charge in [0.15, 0.2) is 0 Å². The standard InChI is InChI=1S/C23H24N6O4/c30-22(25-18-4-2-1-3-5-18)16-27-12-10-19(11-13-27)26-23(31)17-14-24-28(15-17)20-6-8-21(9-7-20)29(32)33/h1-9,14-15,19H,10-13,16H2,(H,25,30)(H,26,31). The number of likely N-dealkylation sites (tertiary alicyclic amines) is 1. The fraction of sp³-hybridized carbons (Fsp3) is 0.261. The van der Waals surface area contributed by atoms with Crippen LogP contribution in [-0.4, -0.2) is 57.1 Å². The van der Waals surface area contributed by atoms with Crippen LogP contribution in [0.5, 0.6) is 0 Å². The number of aromatic nitrogens is 2. The zero-order valence-corrected chi connectivity index (χ0v) is 17.9. The fourth-order valence-corrected chi connectivity index (χ4v) is 3.74. The summed E-state index contributed by atoms with van der Waals surface area (Å²) in [5, 5.41) is 20.9. The molecule has 0 unspecified atom stereocenters. The molecule has 0 atom stereocenters. The number of piperidine rings is 1. The maximum absolute atomic E-state index is 12.6. The Balaban J connectivity index is 1.25. The number of anilines is 1. The van der Waals surface area contributed by atoms with Gasteiger partial charge in [0.2, 0.25) is 5.91 Å². The third-order valence-corrected chi connectivity index (χ3v) is 5.52. The highest BCUT2D eigenvalue weighted by Crippen LogP contribution is 2.16. The van der Waals surface area contributed by atoms with Gasteiger partial charge in [-0.15, -0.1) is 0 Å². The number of amides is 2. The molecule has 2 amide bonds. The van der Waals surface area contributed by atoms with E-state index in [1.165, 1.54) is 23.0 Å². The van der Waals surface area contributed by atoms with Crippen LogP contribution >= 0.6 is 0 Å². The van der Waals surface area contributed by atoms with Crippen molar-refractivity contribution in [2.75, 3.05) is 25.0 Å². The first-order chi connectivity index (χ1) is 16.0. The molecule has 0 radical (unpaired) electrons. The van der Waals surface area contributed by atoms with Gasteiger partial charge in [0.25, 0.3) is 11.6 Å². The Labute approximate surface area is 190 Å². The lowest BCUT2D eigenvalue weighted by atomic mass is 10.0. The van der Waals surface area contributed by atoms with Gasteiger partial charge in [-0.3, -0.25) is 24.6 Å². The molecule has 4 rings (SSSR count). The number of carbonyl (C=O) groups is 2. The number of hydrogen-bond donors (Lipinski definition) is 2. The number of non-ortho nitro benzene ring substituents is 1. The van der Waals surface area contributed by atoms with E-state index in [1.54, 1.807) is 18.3 Å². The number of nitro groups is 1. The first-order valence-corrected chi connectivity index (χ1v) is 10.7. The first-order valence-electron chi connectivity index (χ1n) is 10.7. The lowest BCUT2D eigenvalue weighted by molar-refractivity contribution is -0.384. The summed E-state index contributed by atoms with van der Waals surface area (Å²) in [6.07, 6.45) is 4.57. The number of para-hydroxylation sites is 1. The lowest BCUT2D eigenvalue weighted by Gasteiger charge is -2.31. The van der Waals surface area contributed by atoms with E-state index in [0.29, 0.717) is 17.8 Å². The number of nitro benzene ring substituents is 1. The molecule has 2 aromatic carbocycles. The summed E-state index contributed by atoms with van der Waals surface area (Å²) in [5.41, 5.74) is 1.81. The van der Waals surface area contributed by atoms with Gasteiger partial charge in [-0.05, 0) is 37.1 Å². The summed E-state index contributed by atoms with van der Waals surface area (Å²) < 4.78 is 1.51. The molecule has 0 bridgehead atoms. The predicted molar refractivity (Wildman–Crippen MR) is 122 cm³/mol. The fourth-order valence-electron chi connectivity index (χ4n) is 3.74. The van der Waals surface area contributed by atoms with Crippen LogP contribution in [0.15, 0.2) is 67.0 Å². The van der Waals surface area contributed by atoms with Crippen LogP contribution in [-0.2, 0) is 4.79 Å². The zero-order chi connectivity index (χ0) is 23.2. The average molecular weight is 448 g/mol. The van der Waals surface area contributed by atoms with Gasteiger partial charge in [-0.2, -0.15) is 5.10 Å². The minimum Gasteiger partial charge on any atom is -0.349 e. The van der Waals surface area contributed by atoms with Crippen LogP contribution in [0.3, 0.4) is 0 Å². The van der Waals surface area contributed by atoms with Crippen LogP contribution in [0.2, 0.25) is 0 Å². The topological polar surface area (TPSA) is 122 Å². The summed E-state index contributed by atoms with van der Waals surface area (Å²) in [5.74, 6) is -0.272. The molecular weight excluding hydrogens is 424 g/mol. The molecule has 1 fully saturated rings. The number of benzene rings is 2. The molecule has 2 N–H and O–H groups in total. The van der Waals surface area contributed by atoms with E-state index in [0.717, 1.165) is 31.6 Å². The molecule has 170 valence electrons. The van der Waals surface area contributed by atoms with Crippen molar-refractivity contribution in [2.24, 2.45) is 0 Å². The van der Waals surface area contributed by atoms with E-state index in [-0.39, 0.29) is 23.5 Å². The van der Waals surface area contributed by atoms with Gasteiger partial charge in [0, 0.05) is 43.1 Å². The minimum atomic E-state index is -0.466. The van der Waals surface area contributed by atoms with E-state index in [2.05, 4.69) is 20.6 Å². The summed E-state index contributed by atoms with van der Waals surface area (Å²) >= 11 is 0. The van der Waals surface area contributed by atoms with Crippen molar-refractivity contribution in [3.8, 4) is 5.69 Å². The summed E-state index contributed by atoms with van der Waals surface area (Å²) in [6, 6.07) is 15.3. The molecule has 3 aromatic rings. The highest BCUT2D eigenvalue weighted by molar-refractivity contribution is 5.94. The van der Waals surface area contributed by atoms with Crippen molar-refractivity contribution in [3.05, 3.63) is 82.7 Å². The van der Waals surface area contributed by atoms with Crippen LogP contribution in [0.25, 0.3) is 5.69 Å². The van der Waals surface area contributed by atoms with Gasteiger partial charge in [0.1, 0.15) is 0 Å². The van der Waals surface area contributed by atoms with E-state index in [9.17, 15) is 19.7 Å². The van der Waals surface area contributed by atoms with Crippen LogP contribution in [0.4, 0.5) is 11.4 Å². The second kappa shape index (κ2) is 10.0. The van der Waals surface area contributed by atoms with Crippen LogP contribution < -0.4 is 10.6 Å². The van der Waals surface area contributed by atoms with E-state index >= 15 is 0 Å². The Morgan fingerprint density at radius 1 is 1.06 bits per heavy atom. The average Bonchev–Trinajstić information content (AvgIpc) is 3.32. The Morgan fingerprint density at radius 3 is 2.42 bits per heavy atom. The highest BCUT2D eigenvalue weighted by atomic mass is 16.6. The number of nitrogens with zero attached hydrogens (tertiary/aromatic N) is 4. The molecule has 0 aliphatic carbocycles. The Hall–Kier alpha value is -4.05. The van der Waals surface area contributed by atoms with E-state index < -0.39 is 4.92 Å². The molecule has 10 heteroatoms. The van der Waals surface area contributed by atoms with Crippen molar-refractivity contribution in [3.63, 3.8) is 0 Å². The molecule has 1 aliphatic heterocycles. The summed E-state index contributed by atoms with van der Waals surface area (Å²) in [6.45, 7) is 1.75. The lowest BCUT2D eigenvalue weighted by Crippen LogP contribution is -2.46. The van der Waals surface area contributed by atoms with E-state index in [4.69, 9.17) is 0 Å². The van der Waals surface area contributed by atoms with Gasteiger partial charge >= 0.3 is 0 Å². The number of rotatable bonds is 7. The number of nitrogens with one attached hydrogen (secondary N) is 2. The van der Waals surface area contributed by atoms with Gasteiger partial charge in [-0.1, -0.05) is 18.2 Å². The molecule has 2 heterocycles. The van der Waals surface area contributed by atoms with Crippen molar-refractivity contribution in [1.82, 2.24) is 20.0 Å². The highest BCUT2D eigenvalue weighted by Gasteiger charge is 2.23. The maximum Gasteiger partial charge on any atom is 0.269 e. The zero-order valence-electron chi connectivity index (χ0n) is 17.9. The second-order valence-corrected chi connectivity index (χ2v) is 7.89. The number of hydrogen-bond acceptors (Lipinski definition) is 6. The minimum absolute atomic E-state index is 0.00670. The quantitative estimate of drug-likeness (QED) is 0.423. The van der Waals surface area contributed by atoms with Gasteiger partial charge < -0.3 is 10.6 Å². The predicted octanol–water partition coefficient (Wildman–Crippen LogP) is 2.61. The Kier molecular flexibility index (Phi) is 6.75. The Bertz CT molecular complexity index is 1120.